The number of nitrogens with zero attached hydrogens (tertiary/aromatic N) is 1. The Labute approximate surface area is 126 Å². The summed E-state index contributed by atoms with van der Waals surface area (Å²) in [6, 6.07) is 16.5. The molecule has 0 saturated carbocycles. The minimum atomic E-state index is 0.0141. The van der Waals surface area contributed by atoms with Crippen LogP contribution >= 0.6 is 11.6 Å². The van der Waals surface area contributed by atoms with Crippen molar-refractivity contribution in [3.8, 4) is 0 Å². The van der Waals surface area contributed by atoms with Crippen molar-refractivity contribution < 1.29 is 0 Å². The van der Waals surface area contributed by atoms with Crippen LogP contribution in [0.4, 0.5) is 5.69 Å². The summed E-state index contributed by atoms with van der Waals surface area (Å²) in [6.45, 7) is 4.18. The monoisotopic (exact) mass is 288 g/mol. The van der Waals surface area contributed by atoms with E-state index in [9.17, 15) is 0 Å². The fraction of sp³-hybridized carbons (Fsp3) is 0.294. The van der Waals surface area contributed by atoms with Gasteiger partial charge in [-0.25, -0.2) is 0 Å². The fourth-order valence-corrected chi connectivity index (χ4v) is 2.59. The Morgan fingerprint density at radius 2 is 1.75 bits per heavy atom. The second-order valence-electron chi connectivity index (χ2n) is 5.19. The Hall–Kier alpha value is -1.51. The highest BCUT2D eigenvalue weighted by Gasteiger charge is 2.16. The van der Waals surface area contributed by atoms with E-state index in [0.29, 0.717) is 0 Å². The van der Waals surface area contributed by atoms with Gasteiger partial charge in [-0.3, -0.25) is 0 Å². The lowest BCUT2D eigenvalue weighted by Crippen LogP contribution is -2.24. The maximum Gasteiger partial charge on any atom is 0.0511 e. The van der Waals surface area contributed by atoms with Crippen LogP contribution < -0.4 is 10.6 Å². The van der Waals surface area contributed by atoms with Gasteiger partial charge < -0.3 is 10.6 Å². The maximum absolute atomic E-state index is 6.08. The number of hydrogen-bond acceptors (Lipinski definition) is 2. The molecule has 2 nitrogen and oxygen atoms in total. The summed E-state index contributed by atoms with van der Waals surface area (Å²) in [6.07, 6.45) is 0. The number of anilines is 1. The third kappa shape index (κ3) is 3.14. The molecular weight excluding hydrogens is 268 g/mol. The van der Waals surface area contributed by atoms with Crippen LogP contribution in [0.3, 0.4) is 0 Å². The molecule has 1 unspecified atom stereocenters. The minimum Gasteiger partial charge on any atom is -0.368 e. The molecule has 3 heteroatoms. The molecule has 0 spiro atoms. The number of benzene rings is 2. The predicted molar refractivity (Wildman–Crippen MR) is 87.3 cm³/mol. The molecule has 0 fully saturated rings. The van der Waals surface area contributed by atoms with Crippen molar-refractivity contribution in [2.75, 3.05) is 11.9 Å². The molecule has 106 valence electrons. The minimum absolute atomic E-state index is 0.0141. The molecule has 0 saturated heterocycles. The van der Waals surface area contributed by atoms with E-state index in [-0.39, 0.29) is 12.1 Å². The summed E-state index contributed by atoms with van der Waals surface area (Å²) in [7, 11) is 2.09. The van der Waals surface area contributed by atoms with Crippen molar-refractivity contribution in [3.63, 3.8) is 0 Å². The average Bonchev–Trinajstić information content (AvgIpc) is 2.45. The summed E-state index contributed by atoms with van der Waals surface area (Å²) in [5, 5.41) is 0.767. The van der Waals surface area contributed by atoms with Crippen molar-refractivity contribution in [1.29, 1.82) is 0 Å². The molecule has 2 atom stereocenters. The number of rotatable bonds is 4. The SMILES string of the molecule is CC(c1cccc(Cl)c1)N(C)c1ccccc1[C@H](C)N. The highest BCUT2D eigenvalue weighted by Crippen LogP contribution is 2.31. The molecule has 2 aromatic carbocycles. The van der Waals surface area contributed by atoms with Crippen LogP contribution in [0, 0.1) is 0 Å². The van der Waals surface area contributed by atoms with Crippen molar-refractivity contribution in [2.24, 2.45) is 5.73 Å². The van der Waals surface area contributed by atoms with Crippen LogP contribution in [-0.2, 0) is 0 Å². The van der Waals surface area contributed by atoms with Gasteiger partial charge in [-0.2, -0.15) is 0 Å². The van der Waals surface area contributed by atoms with Crippen molar-refractivity contribution in [2.45, 2.75) is 25.9 Å². The normalized spacial score (nSPS) is 13.8. The summed E-state index contributed by atoms with van der Waals surface area (Å²) in [5.74, 6) is 0. The van der Waals surface area contributed by atoms with Crippen LogP contribution in [-0.4, -0.2) is 7.05 Å². The third-order valence-electron chi connectivity index (χ3n) is 3.72. The molecule has 2 rings (SSSR count). The Kier molecular flexibility index (Phi) is 4.69. The maximum atomic E-state index is 6.08. The van der Waals surface area contributed by atoms with Gasteiger partial charge in [-0.15, -0.1) is 0 Å². The molecule has 0 aromatic heterocycles. The van der Waals surface area contributed by atoms with Crippen LogP contribution in [0.15, 0.2) is 48.5 Å². The van der Waals surface area contributed by atoms with Gasteiger partial charge in [0.1, 0.15) is 0 Å². The lowest BCUT2D eigenvalue weighted by atomic mass is 10.0. The van der Waals surface area contributed by atoms with Gasteiger partial charge >= 0.3 is 0 Å². The second kappa shape index (κ2) is 6.29. The summed E-state index contributed by atoms with van der Waals surface area (Å²) >= 11 is 6.08. The highest BCUT2D eigenvalue weighted by atomic mass is 35.5. The van der Waals surface area contributed by atoms with E-state index >= 15 is 0 Å². The summed E-state index contributed by atoms with van der Waals surface area (Å²) < 4.78 is 0. The van der Waals surface area contributed by atoms with Crippen LogP contribution in [0.25, 0.3) is 0 Å². The molecule has 0 aliphatic carbocycles. The molecule has 0 radical (unpaired) electrons. The van der Waals surface area contributed by atoms with Gasteiger partial charge in [0.25, 0.3) is 0 Å². The first-order valence-corrected chi connectivity index (χ1v) is 7.21. The Bertz CT molecular complexity index is 581. The topological polar surface area (TPSA) is 29.3 Å². The van der Waals surface area contributed by atoms with E-state index in [4.69, 9.17) is 17.3 Å². The predicted octanol–water partition coefficient (Wildman–Crippen LogP) is 4.56. The van der Waals surface area contributed by atoms with E-state index in [1.54, 1.807) is 0 Å². The quantitative estimate of drug-likeness (QED) is 0.894. The van der Waals surface area contributed by atoms with Crippen molar-refractivity contribution in [1.82, 2.24) is 0 Å². The molecule has 0 heterocycles. The largest absolute Gasteiger partial charge is 0.368 e. The van der Waals surface area contributed by atoms with Crippen LogP contribution in [0.5, 0.6) is 0 Å². The standard InChI is InChI=1S/C17H21ClN2/c1-12(19)16-9-4-5-10-17(16)20(3)13(2)14-7-6-8-15(18)11-14/h4-13H,19H2,1-3H3/t12-,13?/m0/s1. The van der Waals surface area contributed by atoms with Gasteiger partial charge in [-0.1, -0.05) is 41.9 Å². The number of halogens is 1. The molecular formula is C17H21ClN2. The van der Waals surface area contributed by atoms with Crippen molar-refractivity contribution in [3.05, 3.63) is 64.7 Å². The first-order valence-electron chi connectivity index (χ1n) is 6.83. The van der Waals surface area contributed by atoms with E-state index in [1.165, 1.54) is 5.56 Å². The summed E-state index contributed by atoms with van der Waals surface area (Å²) in [5.41, 5.74) is 9.58. The Morgan fingerprint density at radius 3 is 2.40 bits per heavy atom. The first-order chi connectivity index (χ1) is 9.50. The zero-order valence-corrected chi connectivity index (χ0v) is 12.9. The smallest absolute Gasteiger partial charge is 0.0511 e. The van der Waals surface area contributed by atoms with E-state index in [1.807, 2.05) is 37.3 Å². The first kappa shape index (κ1) is 14.9. The van der Waals surface area contributed by atoms with E-state index < -0.39 is 0 Å². The van der Waals surface area contributed by atoms with Gasteiger partial charge in [0.05, 0.1) is 6.04 Å². The molecule has 0 aliphatic heterocycles. The van der Waals surface area contributed by atoms with Gasteiger partial charge in [0.15, 0.2) is 0 Å². The zero-order valence-electron chi connectivity index (χ0n) is 12.2. The molecule has 20 heavy (non-hydrogen) atoms. The molecule has 0 aliphatic rings. The zero-order chi connectivity index (χ0) is 14.7. The Balaban J connectivity index is 2.34. The lowest BCUT2D eigenvalue weighted by Gasteiger charge is -2.30. The number of para-hydroxylation sites is 1. The lowest BCUT2D eigenvalue weighted by molar-refractivity contribution is 0.723. The van der Waals surface area contributed by atoms with Crippen molar-refractivity contribution >= 4 is 17.3 Å². The third-order valence-corrected chi connectivity index (χ3v) is 3.95. The molecule has 0 bridgehead atoms. The molecule has 2 N–H and O–H groups in total. The van der Waals surface area contributed by atoms with Gasteiger partial charge in [-0.05, 0) is 43.2 Å². The van der Waals surface area contributed by atoms with Crippen LogP contribution in [0.2, 0.25) is 5.02 Å². The Morgan fingerprint density at radius 1 is 1.05 bits per heavy atom. The molecule has 2 aromatic rings. The van der Waals surface area contributed by atoms with Gasteiger partial charge in [0.2, 0.25) is 0 Å². The van der Waals surface area contributed by atoms with E-state index in [2.05, 4.69) is 37.1 Å². The van der Waals surface area contributed by atoms with E-state index in [0.717, 1.165) is 16.3 Å². The number of nitrogens with two attached hydrogens (primary N) is 1. The molecule has 0 amide bonds. The number of hydrogen-bond donors (Lipinski definition) is 1. The average molecular weight is 289 g/mol. The second-order valence-corrected chi connectivity index (χ2v) is 5.63. The highest BCUT2D eigenvalue weighted by molar-refractivity contribution is 6.30. The van der Waals surface area contributed by atoms with Crippen LogP contribution in [0.1, 0.15) is 37.1 Å². The van der Waals surface area contributed by atoms with Gasteiger partial charge in [0, 0.05) is 23.8 Å². The summed E-state index contributed by atoms with van der Waals surface area (Å²) in [4.78, 5) is 2.24. The fourth-order valence-electron chi connectivity index (χ4n) is 2.39.